The van der Waals surface area contributed by atoms with E-state index in [1.165, 1.54) is 6.26 Å². The van der Waals surface area contributed by atoms with E-state index in [2.05, 4.69) is 10.6 Å². The summed E-state index contributed by atoms with van der Waals surface area (Å²) in [5, 5.41) is 15.8. The average Bonchev–Trinajstić information content (AvgIpc) is 3.20. The van der Waals surface area contributed by atoms with Crippen molar-refractivity contribution in [1.82, 2.24) is 10.6 Å². The van der Waals surface area contributed by atoms with Gasteiger partial charge in [-0.05, 0) is 38.8 Å². The van der Waals surface area contributed by atoms with Gasteiger partial charge >= 0.3 is 0 Å². The number of carbonyl (C=O) groups is 2. The van der Waals surface area contributed by atoms with Crippen LogP contribution in [0.4, 0.5) is 0 Å². The molecule has 2 amide bonds. The first-order valence-electron chi connectivity index (χ1n) is 8.77. The third kappa shape index (κ3) is 5.67. The van der Waals surface area contributed by atoms with Crippen LogP contribution < -0.4 is 10.6 Å². The number of aliphatic hydroxyl groups excluding tert-OH is 1. The molecule has 6 heteroatoms. The predicted molar refractivity (Wildman–Crippen MR) is 90.1 cm³/mol. The number of nitrogens with one attached hydrogen (secondary N) is 2. The molecule has 134 valence electrons. The topological polar surface area (TPSA) is 91.6 Å². The van der Waals surface area contributed by atoms with Crippen LogP contribution in [0.2, 0.25) is 0 Å². The quantitative estimate of drug-likeness (QED) is 0.679. The van der Waals surface area contributed by atoms with Crippen molar-refractivity contribution in [3.8, 4) is 0 Å². The Morgan fingerprint density at radius 3 is 2.58 bits per heavy atom. The molecule has 2 rings (SSSR count). The number of aliphatic hydroxyl groups is 1. The van der Waals surface area contributed by atoms with E-state index in [0.717, 1.165) is 25.7 Å². The zero-order chi connectivity index (χ0) is 17.5. The van der Waals surface area contributed by atoms with E-state index >= 15 is 0 Å². The lowest BCUT2D eigenvalue weighted by molar-refractivity contribution is -0.126. The van der Waals surface area contributed by atoms with Gasteiger partial charge in [-0.1, -0.05) is 12.8 Å². The fourth-order valence-corrected chi connectivity index (χ4v) is 3.20. The maximum Gasteiger partial charge on any atom is 0.223 e. The first kappa shape index (κ1) is 18.5. The summed E-state index contributed by atoms with van der Waals surface area (Å²) in [5.41, 5.74) is 0. The Morgan fingerprint density at radius 1 is 1.25 bits per heavy atom. The predicted octanol–water partition coefficient (Wildman–Crippen LogP) is 2.29. The highest BCUT2D eigenvalue weighted by Gasteiger charge is 2.24. The van der Waals surface area contributed by atoms with Gasteiger partial charge in [0.05, 0.1) is 6.26 Å². The smallest absolute Gasteiger partial charge is 0.223 e. The SMILES string of the molecule is CC(CC(O)c1ccco1)NC(=O)CC(C)NC(=O)C1CCCC1. The van der Waals surface area contributed by atoms with E-state index in [1.54, 1.807) is 12.1 Å². The highest BCUT2D eigenvalue weighted by atomic mass is 16.4. The summed E-state index contributed by atoms with van der Waals surface area (Å²) in [6, 6.07) is 3.05. The number of hydrogen-bond acceptors (Lipinski definition) is 4. The van der Waals surface area contributed by atoms with Crippen molar-refractivity contribution in [3.05, 3.63) is 24.2 Å². The largest absolute Gasteiger partial charge is 0.467 e. The monoisotopic (exact) mass is 336 g/mol. The molecule has 0 saturated heterocycles. The number of carbonyl (C=O) groups excluding carboxylic acids is 2. The zero-order valence-corrected chi connectivity index (χ0v) is 14.5. The van der Waals surface area contributed by atoms with Gasteiger partial charge in [0.2, 0.25) is 11.8 Å². The second-order valence-electron chi connectivity index (χ2n) is 6.83. The van der Waals surface area contributed by atoms with Gasteiger partial charge in [0.25, 0.3) is 0 Å². The molecule has 1 heterocycles. The van der Waals surface area contributed by atoms with Crippen LogP contribution in [0.5, 0.6) is 0 Å². The molecular formula is C18H28N2O4. The van der Waals surface area contributed by atoms with Crippen molar-refractivity contribution >= 4 is 11.8 Å². The van der Waals surface area contributed by atoms with E-state index in [4.69, 9.17) is 4.42 Å². The van der Waals surface area contributed by atoms with E-state index in [-0.39, 0.29) is 36.2 Å². The Labute approximate surface area is 143 Å². The molecule has 0 aliphatic heterocycles. The van der Waals surface area contributed by atoms with Crippen LogP contribution in [-0.4, -0.2) is 29.0 Å². The van der Waals surface area contributed by atoms with Gasteiger partial charge in [-0.2, -0.15) is 0 Å². The fraction of sp³-hybridized carbons (Fsp3) is 0.667. The molecule has 3 atom stereocenters. The lowest BCUT2D eigenvalue weighted by Crippen LogP contribution is -2.41. The second-order valence-corrected chi connectivity index (χ2v) is 6.83. The van der Waals surface area contributed by atoms with Gasteiger partial charge in [-0.3, -0.25) is 9.59 Å². The summed E-state index contributed by atoms with van der Waals surface area (Å²) in [6.07, 6.45) is 5.51. The molecule has 1 aliphatic carbocycles. The molecule has 1 saturated carbocycles. The molecule has 1 aliphatic rings. The van der Waals surface area contributed by atoms with Crippen LogP contribution in [0.1, 0.15) is 64.2 Å². The third-order valence-electron chi connectivity index (χ3n) is 4.46. The summed E-state index contributed by atoms with van der Waals surface area (Å²) < 4.78 is 5.15. The first-order chi connectivity index (χ1) is 11.5. The van der Waals surface area contributed by atoms with Gasteiger partial charge < -0.3 is 20.2 Å². The molecular weight excluding hydrogens is 308 g/mol. The Bertz CT molecular complexity index is 523. The van der Waals surface area contributed by atoms with E-state index in [1.807, 2.05) is 13.8 Å². The standard InChI is InChI=1S/C18H28N2O4/c1-12(10-15(21)16-8-5-9-24-16)19-17(22)11-13(2)20-18(23)14-6-3-4-7-14/h5,8-9,12-15,21H,3-4,6-7,10-11H2,1-2H3,(H,19,22)(H,20,23). The summed E-state index contributed by atoms with van der Waals surface area (Å²) >= 11 is 0. The maximum atomic E-state index is 12.1. The first-order valence-corrected chi connectivity index (χ1v) is 8.77. The van der Waals surface area contributed by atoms with E-state index in [9.17, 15) is 14.7 Å². The number of amides is 2. The Morgan fingerprint density at radius 2 is 1.96 bits per heavy atom. The van der Waals surface area contributed by atoms with Crippen molar-refractivity contribution in [1.29, 1.82) is 0 Å². The molecule has 1 aromatic heterocycles. The number of furan rings is 1. The number of hydrogen-bond donors (Lipinski definition) is 3. The minimum atomic E-state index is -0.741. The number of rotatable bonds is 8. The van der Waals surface area contributed by atoms with Crippen LogP contribution in [0.15, 0.2) is 22.8 Å². The Kier molecular flexibility index (Phi) is 6.85. The highest BCUT2D eigenvalue weighted by molar-refractivity contribution is 5.81. The van der Waals surface area contributed by atoms with Gasteiger partial charge in [0.1, 0.15) is 11.9 Å². The van der Waals surface area contributed by atoms with E-state index < -0.39 is 6.10 Å². The minimum absolute atomic E-state index is 0.0640. The summed E-state index contributed by atoms with van der Waals surface area (Å²) in [7, 11) is 0. The third-order valence-corrected chi connectivity index (χ3v) is 4.46. The maximum absolute atomic E-state index is 12.1. The van der Waals surface area contributed by atoms with Crippen LogP contribution in [0.3, 0.4) is 0 Å². The molecule has 0 radical (unpaired) electrons. The molecule has 3 N–H and O–H groups in total. The lowest BCUT2D eigenvalue weighted by Gasteiger charge is -2.20. The van der Waals surface area contributed by atoms with Crippen LogP contribution in [-0.2, 0) is 9.59 Å². The van der Waals surface area contributed by atoms with Gasteiger partial charge in [0, 0.05) is 30.8 Å². The van der Waals surface area contributed by atoms with Crippen molar-refractivity contribution < 1.29 is 19.1 Å². The second kappa shape index (κ2) is 8.87. The van der Waals surface area contributed by atoms with Crippen molar-refractivity contribution in [2.24, 2.45) is 5.92 Å². The molecule has 0 aromatic carbocycles. The van der Waals surface area contributed by atoms with Crippen LogP contribution >= 0.6 is 0 Å². The summed E-state index contributed by atoms with van der Waals surface area (Å²) in [6.45, 7) is 3.68. The molecule has 3 unspecified atom stereocenters. The lowest BCUT2D eigenvalue weighted by atomic mass is 10.1. The Balaban J connectivity index is 1.68. The van der Waals surface area contributed by atoms with Gasteiger partial charge in [-0.15, -0.1) is 0 Å². The van der Waals surface area contributed by atoms with Crippen LogP contribution in [0, 0.1) is 5.92 Å². The van der Waals surface area contributed by atoms with Crippen LogP contribution in [0.25, 0.3) is 0 Å². The van der Waals surface area contributed by atoms with Crippen molar-refractivity contribution in [2.45, 2.75) is 70.6 Å². The van der Waals surface area contributed by atoms with Crippen molar-refractivity contribution in [3.63, 3.8) is 0 Å². The zero-order valence-electron chi connectivity index (χ0n) is 14.5. The average molecular weight is 336 g/mol. The molecule has 0 bridgehead atoms. The normalized spacial score (nSPS) is 18.8. The molecule has 6 nitrogen and oxygen atoms in total. The van der Waals surface area contributed by atoms with Crippen molar-refractivity contribution in [2.75, 3.05) is 0 Å². The van der Waals surface area contributed by atoms with Gasteiger partial charge in [0.15, 0.2) is 0 Å². The summed E-state index contributed by atoms with van der Waals surface area (Å²) in [5.74, 6) is 0.536. The molecule has 0 spiro atoms. The molecule has 24 heavy (non-hydrogen) atoms. The minimum Gasteiger partial charge on any atom is -0.467 e. The van der Waals surface area contributed by atoms with E-state index in [0.29, 0.717) is 12.2 Å². The fourth-order valence-electron chi connectivity index (χ4n) is 3.20. The summed E-state index contributed by atoms with van der Waals surface area (Å²) in [4.78, 5) is 24.1. The Hall–Kier alpha value is -1.82. The highest BCUT2D eigenvalue weighted by Crippen LogP contribution is 2.24. The molecule has 1 aromatic rings. The van der Waals surface area contributed by atoms with Gasteiger partial charge in [-0.25, -0.2) is 0 Å². The molecule has 1 fully saturated rings.